The highest BCUT2D eigenvalue weighted by Gasteiger charge is 2.46. The second-order valence-corrected chi connectivity index (χ2v) is 9.65. The number of carbonyl (C=O) groups is 2. The van der Waals surface area contributed by atoms with Crippen molar-refractivity contribution < 1.29 is 19.4 Å². The molecule has 1 amide bonds. The number of aliphatic hydroxyl groups is 1. The van der Waals surface area contributed by atoms with Gasteiger partial charge in [-0.1, -0.05) is 41.1 Å². The average molecular weight is 497 g/mol. The Morgan fingerprint density at radius 3 is 2.70 bits per heavy atom. The van der Waals surface area contributed by atoms with Crippen LogP contribution in [0.1, 0.15) is 28.2 Å². The minimum Gasteiger partial charge on any atom is -0.503 e. The predicted molar refractivity (Wildman–Crippen MR) is 131 cm³/mol. The number of rotatable bonds is 6. The molecule has 0 aliphatic carbocycles. The van der Waals surface area contributed by atoms with Crippen molar-refractivity contribution in [2.24, 2.45) is 0 Å². The number of Topliss-reactive ketones (excluding diaryl/α,β-unsaturated/α-hetero) is 1. The lowest BCUT2D eigenvalue weighted by atomic mass is 9.95. The number of aromatic nitrogens is 1. The summed E-state index contributed by atoms with van der Waals surface area (Å²) in [5, 5.41) is 13.5. The molecule has 0 saturated heterocycles. The number of halogens is 1. The first-order chi connectivity index (χ1) is 16.0. The predicted octanol–water partition coefficient (Wildman–Crippen LogP) is 6.19. The zero-order valence-electron chi connectivity index (χ0n) is 17.3. The molecule has 33 heavy (non-hydrogen) atoms. The summed E-state index contributed by atoms with van der Waals surface area (Å²) in [6, 6.07) is 15.0. The van der Waals surface area contributed by atoms with Crippen LogP contribution < -0.4 is 9.64 Å². The summed E-state index contributed by atoms with van der Waals surface area (Å²) >= 11 is 8.62. The molecule has 9 heteroatoms. The van der Waals surface area contributed by atoms with Crippen LogP contribution in [0.15, 0.2) is 71.3 Å². The molecular formula is C24H17ClN2O4S2. The molecule has 6 nitrogen and oxygen atoms in total. The second kappa shape index (κ2) is 8.62. The molecule has 5 rings (SSSR count). The smallest absolute Gasteiger partial charge is 0.296 e. The van der Waals surface area contributed by atoms with E-state index < -0.39 is 23.5 Å². The van der Waals surface area contributed by atoms with E-state index in [0.29, 0.717) is 38.5 Å². The molecule has 1 N–H and O–H groups in total. The zero-order valence-corrected chi connectivity index (χ0v) is 19.7. The first kappa shape index (κ1) is 21.6. The molecule has 2 aromatic heterocycles. The van der Waals surface area contributed by atoms with Gasteiger partial charge in [0.05, 0.1) is 33.3 Å². The van der Waals surface area contributed by atoms with Crippen molar-refractivity contribution in [1.29, 1.82) is 0 Å². The molecule has 4 aromatic rings. The van der Waals surface area contributed by atoms with E-state index in [0.717, 1.165) is 4.70 Å². The van der Waals surface area contributed by atoms with E-state index in [1.807, 2.05) is 25.1 Å². The summed E-state index contributed by atoms with van der Waals surface area (Å²) in [7, 11) is 0. The van der Waals surface area contributed by atoms with Gasteiger partial charge in [0.1, 0.15) is 5.75 Å². The SMILES string of the molecule is CCOc1ccc2nc(N3C(=O)C(O)=C(C(=O)c4cccs4)C3c3ccc(Cl)cc3)sc2c1. The van der Waals surface area contributed by atoms with Crippen LogP contribution in [-0.4, -0.2) is 28.4 Å². The molecule has 3 heterocycles. The summed E-state index contributed by atoms with van der Waals surface area (Å²) < 4.78 is 6.40. The molecule has 1 aliphatic heterocycles. The third-order valence-corrected chi connectivity index (χ3v) is 7.39. The normalized spacial score (nSPS) is 16.1. The van der Waals surface area contributed by atoms with E-state index >= 15 is 0 Å². The number of aliphatic hydroxyl groups excluding tert-OH is 1. The number of thiazole rings is 1. The van der Waals surface area contributed by atoms with Crippen molar-refractivity contribution in [3.63, 3.8) is 0 Å². The van der Waals surface area contributed by atoms with E-state index in [-0.39, 0.29) is 5.57 Å². The monoisotopic (exact) mass is 496 g/mol. The average Bonchev–Trinajstić information content (AvgIpc) is 3.53. The highest BCUT2D eigenvalue weighted by atomic mass is 35.5. The van der Waals surface area contributed by atoms with Crippen LogP contribution in [0.25, 0.3) is 10.2 Å². The number of hydrogen-bond donors (Lipinski definition) is 1. The highest BCUT2D eigenvalue weighted by molar-refractivity contribution is 7.22. The van der Waals surface area contributed by atoms with Gasteiger partial charge in [0, 0.05) is 5.02 Å². The van der Waals surface area contributed by atoms with Crippen molar-refractivity contribution >= 4 is 61.3 Å². The first-order valence-electron chi connectivity index (χ1n) is 10.1. The number of carbonyl (C=O) groups excluding carboxylic acids is 2. The maximum absolute atomic E-state index is 13.3. The van der Waals surface area contributed by atoms with Gasteiger partial charge in [-0.2, -0.15) is 0 Å². The largest absolute Gasteiger partial charge is 0.503 e. The van der Waals surface area contributed by atoms with Crippen molar-refractivity contribution in [3.8, 4) is 5.75 Å². The Bertz CT molecular complexity index is 1390. The van der Waals surface area contributed by atoms with Crippen molar-refractivity contribution in [2.75, 3.05) is 11.5 Å². The lowest BCUT2D eigenvalue weighted by Gasteiger charge is -2.24. The fourth-order valence-electron chi connectivity index (χ4n) is 3.79. The van der Waals surface area contributed by atoms with Crippen LogP contribution in [0.2, 0.25) is 5.02 Å². The van der Waals surface area contributed by atoms with E-state index in [9.17, 15) is 14.7 Å². The topological polar surface area (TPSA) is 79.7 Å². The van der Waals surface area contributed by atoms with Gasteiger partial charge in [-0.3, -0.25) is 14.5 Å². The lowest BCUT2D eigenvalue weighted by molar-refractivity contribution is -0.117. The molecule has 1 aliphatic rings. The lowest BCUT2D eigenvalue weighted by Crippen LogP contribution is -2.30. The Kier molecular flexibility index (Phi) is 5.65. The van der Waals surface area contributed by atoms with Crippen molar-refractivity contribution in [3.05, 3.63) is 86.8 Å². The molecule has 0 fully saturated rings. The molecule has 0 bridgehead atoms. The summed E-state index contributed by atoms with van der Waals surface area (Å²) in [4.78, 5) is 33.1. The van der Waals surface area contributed by atoms with Crippen LogP contribution in [0.5, 0.6) is 5.75 Å². The minimum absolute atomic E-state index is 0.0269. The molecular weight excluding hydrogens is 480 g/mol. The molecule has 1 atom stereocenters. The Morgan fingerprint density at radius 2 is 2.00 bits per heavy atom. The summed E-state index contributed by atoms with van der Waals surface area (Å²) in [5.41, 5.74) is 1.36. The summed E-state index contributed by atoms with van der Waals surface area (Å²) in [6.07, 6.45) is 0. The number of benzene rings is 2. The molecule has 0 spiro atoms. The maximum Gasteiger partial charge on any atom is 0.296 e. The van der Waals surface area contributed by atoms with Crippen LogP contribution in [0.3, 0.4) is 0 Å². The summed E-state index contributed by atoms with van der Waals surface area (Å²) in [5.74, 6) is -0.920. The Balaban J connectivity index is 1.64. The first-order valence-corrected chi connectivity index (χ1v) is 12.2. The Hall–Kier alpha value is -3.20. The maximum atomic E-state index is 13.3. The third-order valence-electron chi connectivity index (χ3n) is 5.25. The Morgan fingerprint density at radius 1 is 1.21 bits per heavy atom. The molecule has 1 unspecified atom stereocenters. The number of anilines is 1. The standard InChI is InChI=1S/C24H17ClN2O4S2/c1-2-31-15-9-10-16-18(12-15)33-24(26-16)27-20(13-5-7-14(25)8-6-13)19(22(29)23(27)30)21(28)17-4-3-11-32-17/h3-12,20,29H,2H2,1H3. The number of fused-ring (bicyclic) bond motifs is 1. The number of thiophene rings is 1. The third kappa shape index (κ3) is 3.80. The van der Waals surface area contributed by atoms with Crippen molar-refractivity contribution in [2.45, 2.75) is 13.0 Å². The highest BCUT2D eigenvalue weighted by Crippen LogP contribution is 2.45. The van der Waals surface area contributed by atoms with Crippen LogP contribution in [0, 0.1) is 0 Å². The van der Waals surface area contributed by atoms with E-state index in [1.54, 1.807) is 41.8 Å². The van der Waals surface area contributed by atoms with Gasteiger partial charge in [-0.15, -0.1) is 11.3 Å². The van der Waals surface area contributed by atoms with Crippen LogP contribution >= 0.6 is 34.3 Å². The van der Waals surface area contributed by atoms with E-state index in [1.165, 1.54) is 27.6 Å². The van der Waals surface area contributed by atoms with Gasteiger partial charge >= 0.3 is 0 Å². The fraction of sp³-hybridized carbons (Fsp3) is 0.125. The van der Waals surface area contributed by atoms with Gasteiger partial charge in [-0.05, 0) is 54.3 Å². The molecule has 0 saturated carbocycles. The quantitative estimate of drug-likeness (QED) is 0.322. The van der Waals surface area contributed by atoms with Crippen LogP contribution in [-0.2, 0) is 4.79 Å². The number of ether oxygens (including phenoxy) is 1. The van der Waals surface area contributed by atoms with Crippen molar-refractivity contribution in [1.82, 2.24) is 4.98 Å². The molecule has 2 aromatic carbocycles. The zero-order chi connectivity index (χ0) is 23.1. The number of amides is 1. The van der Waals surface area contributed by atoms with E-state index in [2.05, 4.69) is 4.98 Å². The summed E-state index contributed by atoms with van der Waals surface area (Å²) in [6.45, 7) is 2.44. The number of hydrogen-bond acceptors (Lipinski definition) is 7. The van der Waals surface area contributed by atoms with Crippen LogP contribution in [0.4, 0.5) is 5.13 Å². The van der Waals surface area contributed by atoms with Gasteiger partial charge < -0.3 is 9.84 Å². The number of ketones is 1. The Labute approximate surface area is 202 Å². The number of nitrogens with zero attached hydrogens (tertiary/aromatic N) is 2. The van der Waals surface area contributed by atoms with Gasteiger partial charge in [0.2, 0.25) is 5.78 Å². The molecule has 0 radical (unpaired) electrons. The fourth-order valence-corrected chi connectivity index (χ4v) is 5.61. The minimum atomic E-state index is -0.837. The van der Waals surface area contributed by atoms with E-state index in [4.69, 9.17) is 16.3 Å². The van der Waals surface area contributed by atoms with Gasteiger partial charge in [0.25, 0.3) is 5.91 Å². The molecule has 166 valence electrons. The van der Waals surface area contributed by atoms with Gasteiger partial charge in [-0.25, -0.2) is 4.98 Å². The van der Waals surface area contributed by atoms with Gasteiger partial charge in [0.15, 0.2) is 10.9 Å². The second-order valence-electron chi connectivity index (χ2n) is 7.26.